The van der Waals surface area contributed by atoms with Gasteiger partial charge in [0, 0.05) is 6.54 Å². The summed E-state index contributed by atoms with van der Waals surface area (Å²) in [5.41, 5.74) is 1.69. The number of carboxylic acid groups (broad SMARTS) is 1. The first kappa shape index (κ1) is 8.87. The first-order valence-electron chi connectivity index (χ1n) is 4.51. The Labute approximate surface area is 81.2 Å². The minimum Gasteiger partial charge on any atom is -0.508 e. The molecule has 3 N–H and O–H groups in total. The van der Waals surface area contributed by atoms with Crippen LogP contribution in [0.25, 0.3) is 0 Å². The number of carboxylic acids is 1. The van der Waals surface area contributed by atoms with E-state index >= 15 is 0 Å². The predicted molar refractivity (Wildman–Crippen MR) is 51.9 cm³/mol. The zero-order chi connectivity index (χ0) is 10.1. The van der Waals surface area contributed by atoms with Gasteiger partial charge in [-0.05, 0) is 30.5 Å². The molecule has 1 heterocycles. The Morgan fingerprint density at radius 1 is 1.43 bits per heavy atom. The SMILES string of the molecule is O=C(O)c1cc(O)cc2c1NCCC2. The number of hydrogen-bond donors (Lipinski definition) is 3. The second-order valence-electron chi connectivity index (χ2n) is 3.36. The summed E-state index contributed by atoms with van der Waals surface area (Å²) < 4.78 is 0. The summed E-state index contributed by atoms with van der Waals surface area (Å²) >= 11 is 0. The standard InChI is InChI=1S/C10H11NO3/c12-7-4-6-2-1-3-11-9(6)8(5-7)10(13)14/h4-5,11-12H,1-3H2,(H,13,14). The molecule has 4 heteroatoms. The number of rotatable bonds is 1. The fraction of sp³-hybridized carbons (Fsp3) is 0.300. The number of aromatic carboxylic acids is 1. The van der Waals surface area contributed by atoms with Crippen molar-refractivity contribution in [2.24, 2.45) is 0 Å². The van der Waals surface area contributed by atoms with Gasteiger partial charge in [-0.1, -0.05) is 0 Å². The van der Waals surface area contributed by atoms with Gasteiger partial charge in [0.15, 0.2) is 0 Å². The van der Waals surface area contributed by atoms with Crippen LogP contribution in [0.4, 0.5) is 5.69 Å². The Morgan fingerprint density at radius 3 is 2.93 bits per heavy atom. The first-order valence-corrected chi connectivity index (χ1v) is 4.51. The minimum atomic E-state index is -1.01. The maximum Gasteiger partial charge on any atom is 0.337 e. The molecule has 0 bridgehead atoms. The Morgan fingerprint density at radius 2 is 2.21 bits per heavy atom. The largest absolute Gasteiger partial charge is 0.508 e. The minimum absolute atomic E-state index is 0.0184. The molecular formula is C10H11NO3. The van der Waals surface area contributed by atoms with Gasteiger partial charge in [0.1, 0.15) is 5.75 Å². The van der Waals surface area contributed by atoms with Crippen LogP contribution in [-0.4, -0.2) is 22.7 Å². The number of anilines is 1. The van der Waals surface area contributed by atoms with E-state index in [9.17, 15) is 9.90 Å². The van der Waals surface area contributed by atoms with E-state index in [0.717, 1.165) is 24.9 Å². The number of phenols is 1. The zero-order valence-corrected chi connectivity index (χ0v) is 7.58. The third-order valence-electron chi connectivity index (χ3n) is 2.36. The van der Waals surface area contributed by atoms with Crippen molar-refractivity contribution in [3.05, 3.63) is 23.3 Å². The molecule has 1 aromatic rings. The summed E-state index contributed by atoms with van der Waals surface area (Å²) in [5, 5.41) is 21.3. The van der Waals surface area contributed by atoms with Gasteiger partial charge < -0.3 is 15.5 Å². The average molecular weight is 193 g/mol. The van der Waals surface area contributed by atoms with E-state index in [4.69, 9.17) is 5.11 Å². The lowest BCUT2D eigenvalue weighted by Gasteiger charge is -2.19. The molecule has 0 unspecified atom stereocenters. The van der Waals surface area contributed by atoms with Crippen LogP contribution in [0, 0.1) is 0 Å². The quantitative estimate of drug-likeness (QED) is 0.590. The van der Waals surface area contributed by atoms with Gasteiger partial charge in [-0.25, -0.2) is 4.79 Å². The molecule has 0 radical (unpaired) electrons. The third kappa shape index (κ3) is 1.39. The van der Waals surface area contributed by atoms with Crippen molar-refractivity contribution >= 4 is 11.7 Å². The fourth-order valence-electron chi connectivity index (χ4n) is 1.75. The van der Waals surface area contributed by atoms with Crippen LogP contribution in [0.1, 0.15) is 22.3 Å². The van der Waals surface area contributed by atoms with Crippen molar-refractivity contribution < 1.29 is 15.0 Å². The smallest absolute Gasteiger partial charge is 0.337 e. The van der Waals surface area contributed by atoms with Crippen molar-refractivity contribution in [2.45, 2.75) is 12.8 Å². The topological polar surface area (TPSA) is 69.6 Å². The number of phenolic OH excluding ortho intramolecular Hbond substituents is 1. The number of fused-ring (bicyclic) bond motifs is 1. The zero-order valence-electron chi connectivity index (χ0n) is 7.58. The van der Waals surface area contributed by atoms with E-state index in [2.05, 4.69) is 5.32 Å². The molecule has 0 saturated heterocycles. The molecule has 0 aromatic heterocycles. The molecule has 4 nitrogen and oxygen atoms in total. The molecule has 1 aliphatic heterocycles. The molecule has 1 aromatic carbocycles. The second kappa shape index (κ2) is 3.21. The van der Waals surface area contributed by atoms with E-state index in [0.29, 0.717) is 5.69 Å². The van der Waals surface area contributed by atoms with Crippen LogP contribution in [0.15, 0.2) is 12.1 Å². The molecular weight excluding hydrogens is 182 g/mol. The van der Waals surface area contributed by atoms with Crippen LogP contribution < -0.4 is 5.32 Å². The Bertz CT molecular complexity index is 387. The first-order chi connectivity index (χ1) is 6.68. The van der Waals surface area contributed by atoms with Crippen LogP contribution in [0.5, 0.6) is 5.75 Å². The molecule has 0 atom stereocenters. The summed E-state index contributed by atoms with van der Waals surface area (Å²) in [6.45, 7) is 0.790. The normalized spacial score (nSPS) is 14.3. The average Bonchev–Trinajstić information content (AvgIpc) is 2.16. The van der Waals surface area contributed by atoms with Crippen LogP contribution in [0.2, 0.25) is 0 Å². The highest BCUT2D eigenvalue weighted by atomic mass is 16.4. The van der Waals surface area contributed by atoms with Crippen LogP contribution >= 0.6 is 0 Å². The van der Waals surface area contributed by atoms with Crippen molar-refractivity contribution in [1.29, 1.82) is 0 Å². The van der Waals surface area contributed by atoms with E-state index in [1.165, 1.54) is 6.07 Å². The summed E-state index contributed by atoms with van der Waals surface area (Å²) in [7, 11) is 0. The lowest BCUT2D eigenvalue weighted by atomic mass is 9.99. The van der Waals surface area contributed by atoms with Crippen molar-refractivity contribution in [3.63, 3.8) is 0 Å². The molecule has 0 fully saturated rings. The number of nitrogens with one attached hydrogen (secondary N) is 1. The van der Waals surface area contributed by atoms with Gasteiger partial charge >= 0.3 is 5.97 Å². The molecule has 0 amide bonds. The third-order valence-corrected chi connectivity index (χ3v) is 2.36. The maximum absolute atomic E-state index is 10.9. The Hall–Kier alpha value is -1.71. The Kier molecular flexibility index (Phi) is 2.04. The summed E-state index contributed by atoms with van der Waals surface area (Å²) in [6.07, 6.45) is 1.78. The lowest BCUT2D eigenvalue weighted by Crippen LogP contribution is -2.15. The molecule has 0 saturated carbocycles. The summed E-state index contributed by atoms with van der Waals surface area (Å²) in [4.78, 5) is 10.9. The van der Waals surface area contributed by atoms with E-state index in [1.807, 2.05) is 0 Å². The number of aryl methyl sites for hydroxylation is 1. The highest BCUT2D eigenvalue weighted by molar-refractivity contribution is 5.96. The molecule has 0 aliphatic carbocycles. The lowest BCUT2D eigenvalue weighted by molar-refractivity contribution is 0.0697. The predicted octanol–water partition coefficient (Wildman–Crippen LogP) is 1.45. The van der Waals surface area contributed by atoms with Gasteiger partial charge in [0.25, 0.3) is 0 Å². The van der Waals surface area contributed by atoms with Crippen molar-refractivity contribution in [3.8, 4) is 5.75 Å². The van der Waals surface area contributed by atoms with Crippen LogP contribution in [0.3, 0.4) is 0 Å². The fourth-order valence-corrected chi connectivity index (χ4v) is 1.75. The van der Waals surface area contributed by atoms with Gasteiger partial charge in [0.05, 0.1) is 11.3 Å². The Balaban J connectivity index is 2.58. The molecule has 2 rings (SSSR count). The van der Waals surface area contributed by atoms with E-state index < -0.39 is 5.97 Å². The second-order valence-corrected chi connectivity index (χ2v) is 3.36. The number of carbonyl (C=O) groups is 1. The monoisotopic (exact) mass is 193 g/mol. The number of hydrogen-bond acceptors (Lipinski definition) is 3. The van der Waals surface area contributed by atoms with Gasteiger partial charge in [-0.2, -0.15) is 0 Å². The highest BCUT2D eigenvalue weighted by Gasteiger charge is 2.18. The summed E-state index contributed by atoms with van der Waals surface area (Å²) in [6, 6.07) is 2.90. The van der Waals surface area contributed by atoms with Gasteiger partial charge in [-0.15, -0.1) is 0 Å². The maximum atomic E-state index is 10.9. The van der Waals surface area contributed by atoms with E-state index in [1.54, 1.807) is 6.07 Å². The molecule has 14 heavy (non-hydrogen) atoms. The summed E-state index contributed by atoms with van der Waals surface area (Å²) in [5.74, 6) is -0.989. The van der Waals surface area contributed by atoms with Gasteiger partial charge in [0.2, 0.25) is 0 Å². The molecule has 1 aliphatic rings. The van der Waals surface area contributed by atoms with Crippen molar-refractivity contribution in [2.75, 3.05) is 11.9 Å². The van der Waals surface area contributed by atoms with E-state index in [-0.39, 0.29) is 11.3 Å². The molecule has 74 valence electrons. The van der Waals surface area contributed by atoms with Crippen molar-refractivity contribution in [1.82, 2.24) is 0 Å². The number of benzene rings is 1. The van der Waals surface area contributed by atoms with Gasteiger partial charge in [-0.3, -0.25) is 0 Å². The highest BCUT2D eigenvalue weighted by Crippen LogP contribution is 2.30. The molecule has 0 spiro atoms. The van der Waals surface area contributed by atoms with Crippen LogP contribution in [-0.2, 0) is 6.42 Å². The number of aromatic hydroxyl groups is 1.